The Morgan fingerprint density at radius 1 is 1.44 bits per heavy atom. The van der Waals surface area contributed by atoms with Crippen molar-refractivity contribution >= 4 is 11.8 Å². The van der Waals surface area contributed by atoms with Crippen LogP contribution in [0.5, 0.6) is 0 Å². The van der Waals surface area contributed by atoms with Gasteiger partial charge in [0, 0.05) is 24.2 Å². The van der Waals surface area contributed by atoms with Crippen molar-refractivity contribution in [1.82, 2.24) is 19.7 Å². The summed E-state index contributed by atoms with van der Waals surface area (Å²) in [5.41, 5.74) is 6.62. The van der Waals surface area contributed by atoms with E-state index in [1.54, 1.807) is 12.5 Å². The maximum absolute atomic E-state index is 5.73. The third-order valence-electron chi connectivity index (χ3n) is 2.10. The van der Waals surface area contributed by atoms with Crippen LogP contribution in [0.25, 0.3) is 0 Å². The lowest BCUT2D eigenvalue weighted by Gasteiger charge is -2.05. The van der Waals surface area contributed by atoms with Gasteiger partial charge in [0.05, 0.1) is 5.69 Å². The molecule has 0 aliphatic carbocycles. The standard InChI is InChI=1S/C10H13N5S/c1-7(11)9-4-3-8(5-12-9)16-10-14-13-6-15(10)2/h3-7H,11H2,1-2H3/t7-/m1/s1. The third-order valence-corrected chi connectivity index (χ3v) is 3.13. The van der Waals surface area contributed by atoms with Crippen LogP contribution in [0.4, 0.5) is 0 Å². The molecule has 0 aliphatic heterocycles. The van der Waals surface area contributed by atoms with E-state index >= 15 is 0 Å². The second-order valence-electron chi connectivity index (χ2n) is 3.53. The van der Waals surface area contributed by atoms with Crippen LogP contribution in [0, 0.1) is 0 Å². The van der Waals surface area contributed by atoms with E-state index in [9.17, 15) is 0 Å². The summed E-state index contributed by atoms with van der Waals surface area (Å²) in [6.45, 7) is 1.91. The van der Waals surface area contributed by atoms with Crippen molar-refractivity contribution in [2.24, 2.45) is 12.8 Å². The summed E-state index contributed by atoms with van der Waals surface area (Å²) in [4.78, 5) is 5.31. The van der Waals surface area contributed by atoms with Crippen LogP contribution in [0.15, 0.2) is 34.7 Å². The minimum Gasteiger partial charge on any atom is -0.323 e. The fraction of sp³-hybridized carbons (Fsp3) is 0.300. The van der Waals surface area contributed by atoms with Crippen LogP contribution in [0.2, 0.25) is 0 Å². The molecular formula is C10H13N5S. The van der Waals surface area contributed by atoms with E-state index in [2.05, 4.69) is 15.2 Å². The van der Waals surface area contributed by atoms with Crippen molar-refractivity contribution in [3.63, 3.8) is 0 Å². The SMILES string of the molecule is C[C@@H](N)c1ccc(Sc2nncn2C)cn1. The van der Waals surface area contributed by atoms with Gasteiger partial charge in [-0.2, -0.15) is 0 Å². The monoisotopic (exact) mass is 235 g/mol. The molecule has 5 nitrogen and oxygen atoms in total. The van der Waals surface area contributed by atoms with Crippen LogP contribution in [0.3, 0.4) is 0 Å². The average Bonchev–Trinajstić information content (AvgIpc) is 2.65. The second-order valence-corrected chi connectivity index (χ2v) is 4.57. The molecular weight excluding hydrogens is 222 g/mol. The lowest BCUT2D eigenvalue weighted by atomic mass is 10.2. The van der Waals surface area contributed by atoms with E-state index in [0.717, 1.165) is 15.7 Å². The number of hydrogen-bond donors (Lipinski definition) is 1. The molecule has 6 heteroatoms. The Hall–Kier alpha value is -1.40. The number of rotatable bonds is 3. The summed E-state index contributed by atoms with van der Waals surface area (Å²) in [6.07, 6.45) is 3.48. The molecule has 0 bridgehead atoms. The molecule has 0 unspecified atom stereocenters. The molecule has 0 spiro atoms. The van der Waals surface area contributed by atoms with Gasteiger partial charge in [0.1, 0.15) is 6.33 Å². The van der Waals surface area contributed by atoms with E-state index in [-0.39, 0.29) is 6.04 Å². The number of pyridine rings is 1. The molecule has 0 fully saturated rings. The Morgan fingerprint density at radius 3 is 2.75 bits per heavy atom. The molecule has 0 amide bonds. The lowest BCUT2D eigenvalue weighted by molar-refractivity contribution is 0.775. The van der Waals surface area contributed by atoms with Crippen molar-refractivity contribution in [3.8, 4) is 0 Å². The molecule has 0 aromatic carbocycles. The minimum atomic E-state index is -0.0334. The van der Waals surface area contributed by atoms with E-state index in [1.807, 2.05) is 30.7 Å². The molecule has 0 radical (unpaired) electrons. The minimum absolute atomic E-state index is 0.0334. The highest BCUT2D eigenvalue weighted by molar-refractivity contribution is 7.99. The van der Waals surface area contributed by atoms with Gasteiger partial charge in [0.25, 0.3) is 0 Å². The van der Waals surface area contributed by atoms with E-state index in [1.165, 1.54) is 11.8 Å². The predicted molar refractivity (Wildman–Crippen MR) is 62.0 cm³/mol. The van der Waals surface area contributed by atoms with Crippen molar-refractivity contribution in [2.45, 2.75) is 23.0 Å². The van der Waals surface area contributed by atoms with E-state index in [0.29, 0.717) is 0 Å². The molecule has 2 heterocycles. The van der Waals surface area contributed by atoms with Gasteiger partial charge in [-0.1, -0.05) is 0 Å². The number of nitrogens with two attached hydrogens (primary N) is 1. The summed E-state index contributed by atoms with van der Waals surface area (Å²) in [7, 11) is 1.91. The van der Waals surface area contributed by atoms with Crippen LogP contribution in [-0.4, -0.2) is 19.7 Å². The molecule has 0 saturated heterocycles. The summed E-state index contributed by atoms with van der Waals surface area (Å²) >= 11 is 1.53. The van der Waals surface area contributed by atoms with Gasteiger partial charge in [-0.25, -0.2) is 0 Å². The smallest absolute Gasteiger partial charge is 0.195 e. The van der Waals surface area contributed by atoms with Crippen LogP contribution < -0.4 is 5.73 Å². The van der Waals surface area contributed by atoms with Crippen LogP contribution >= 0.6 is 11.8 Å². The first-order chi connectivity index (χ1) is 7.66. The van der Waals surface area contributed by atoms with Crippen molar-refractivity contribution in [2.75, 3.05) is 0 Å². The molecule has 2 rings (SSSR count). The quantitative estimate of drug-likeness (QED) is 0.870. The number of aryl methyl sites for hydroxylation is 1. The fourth-order valence-electron chi connectivity index (χ4n) is 1.19. The second kappa shape index (κ2) is 4.63. The van der Waals surface area contributed by atoms with Crippen molar-refractivity contribution in [3.05, 3.63) is 30.4 Å². The summed E-state index contributed by atoms with van der Waals surface area (Å²) in [5.74, 6) is 0. The Kier molecular flexibility index (Phi) is 3.21. The molecule has 2 aromatic heterocycles. The zero-order chi connectivity index (χ0) is 11.5. The van der Waals surface area contributed by atoms with E-state index in [4.69, 9.17) is 5.73 Å². The van der Waals surface area contributed by atoms with Crippen molar-refractivity contribution < 1.29 is 0 Å². The Labute approximate surface area is 98.1 Å². The molecule has 1 atom stereocenters. The zero-order valence-corrected chi connectivity index (χ0v) is 9.98. The highest BCUT2D eigenvalue weighted by Crippen LogP contribution is 2.24. The summed E-state index contributed by atoms with van der Waals surface area (Å²) in [5, 5.41) is 8.65. The highest BCUT2D eigenvalue weighted by Gasteiger charge is 2.05. The van der Waals surface area contributed by atoms with Crippen LogP contribution in [-0.2, 0) is 7.05 Å². The topological polar surface area (TPSA) is 69.6 Å². The van der Waals surface area contributed by atoms with Gasteiger partial charge in [-0.15, -0.1) is 10.2 Å². The molecule has 16 heavy (non-hydrogen) atoms. The molecule has 2 N–H and O–H groups in total. The van der Waals surface area contributed by atoms with Gasteiger partial charge >= 0.3 is 0 Å². The third kappa shape index (κ3) is 2.40. The maximum Gasteiger partial charge on any atom is 0.195 e. The first-order valence-electron chi connectivity index (χ1n) is 4.90. The highest BCUT2D eigenvalue weighted by atomic mass is 32.2. The predicted octanol–water partition coefficient (Wildman–Crippen LogP) is 1.38. The van der Waals surface area contributed by atoms with Gasteiger partial charge < -0.3 is 10.3 Å². The van der Waals surface area contributed by atoms with Crippen molar-refractivity contribution in [1.29, 1.82) is 0 Å². The summed E-state index contributed by atoms with van der Waals surface area (Å²) in [6, 6.07) is 3.89. The Balaban J connectivity index is 2.14. The first-order valence-corrected chi connectivity index (χ1v) is 5.72. The largest absolute Gasteiger partial charge is 0.323 e. The Bertz CT molecular complexity index is 462. The molecule has 84 valence electrons. The lowest BCUT2D eigenvalue weighted by Crippen LogP contribution is -2.06. The van der Waals surface area contributed by atoms with E-state index < -0.39 is 0 Å². The van der Waals surface area contributed by atoms with Crippen LogP contribution in [0.1, 0.15) is 18.7 Å². The molecule has 0 saturated carbocycles. The van der Waals surface area contributed by atoms with Gasteiger partial charge in [-0.3, -0.25) is 4.98 Å². The zero-order valence-electron chi connectivity index (χ0n) is 9.16. The van der Waals surface area contributed by atoms with Gasteiger partial charge in [0.15, 0.2) is 5.16 Å². The number of nitrogens with zero attached hydrogens (tertiary/aromatic N) is 4. The van der Waals surface area contributed by atoms with Gasteiger partial charge in [-0.05, 0) is 30.8 Å². The molecule has 2 aromatic rings. The summed E-state index contributed by atoms with van der Waals surface area (Å²) < 4.78 is 1.87. The number of aromatic nitrogens is 4. The normalized spacial score (nSPS) is 12.7. The maximum atomic E-state index is 5.73. The first kappa shape index (κ1) is 11.1. The number of hydrogen-bond acceptors (Lipinski definition) is 5. The Morgan fingerprint density at radius 2 is 2.25 bits per heavy atom. The fourth-order valence-corrected chi connectivity index (χ4v) is 1.92. The average molecular weight is 235 g/mol. The molecule has 0 aliphatic rings. The van der Waals surface area contributed by atoms with Gasteiger partial charge in [0.2, 0.25) is 0 Å².